The van der Waals surface area contributed by atoms with Crippen molar-refractivity contribution in [3.63, 3.8) is 0 Å². The number of ether oxygens (including phenoxy) is 2. The van der Waals surface area contributed by atoms with Crippen LogP contribution in [0.25, 0.3) is 17.3 Å². The zero-order chi connectivity index (χ0) is 17.1. The van der Waals surface area contributed by atoms with Crippen LogP contribution in [0.2, 0.25) is 0 Å². The van der Waals surface area contributed by atoms with E-state index in [1.165, 1.54) is 6.08 Å². The summed E-state index contributed by atoms with van der Waals surface area (Å²) in [5.41, 5.74) is 2.50. The summed E-state index contributed by atoms with van der Waals surface area (Å²) in [5.74, 6) is 1.65. The van der Waals surface area contributed by atoms with Gasteiger partial charge in [0.2, 0.25) is 12.7 Å². The minimum Gasteiger partial charge on any atom is -0.454 e. The van der Waals surface area contributed by atoms with Gasteiger partial charge in [-0.2, -0.15) is 5.10 Å². The predicted molar refractivity (Wildman–Crippen MR) is 92.0 cm³/mol. The molecule has 0 spiro atoms. The number of carbonyl (C=O) groups is 1. The van der Waals surface area contributed by atoms with E-state index in [1.807, 2.05) is 30.3 Å². The SMILES string of the molecule is O=C(C=Cc1ccc2c(c1)OCO2)Nc1cc(-c2ccncc2)n[nH]1. The molecule has 3 aromatic rings. The van der Waals surface area contributed by atoms with E-state index in [0.717, 1.165) is 16.8 Å². The van der Waals surface area contributed by atoms with E-state index in [9.17, 15) is 4.79 Å². The van der Waals surface area contributed by atoms with E-state index in [4.69, 9.17) is 9.47 Å². The number of anilines is 1. The van der Waals surface area contributed by atoms with Crippen molar-refractivity contribution in [2.75, 3.05) is 12.1 Å². The van der Waals surface area contributed by atoms with E-state index in [2.05, 4.69) is 20.5 Å². The first-order chi connectivity index (χ1) is 12.3. The van der Waals surface area contributed by atoms with Gasteiger partial charge in [-0.25, -0.2) is 0 Å². The Hall–Kier alpha value is -3.61. The highest BCUT2D eigenvalue weighted by Gasteiger charge is 2.12. The molecule has 0 saturated carbocycles. The van der Waals surface area contributed by atoms with Crippen molar-refractivity contribution in [1.82, 2.24) is 15.2 Å². The molecule has 0 bridgehead atoms. The average molecular weight is 334 g/mol. The monoisotopic (exact) mass is 334 g/mol. The summed E-state index contributed by atoms with van der Waals surface area (Å²) in [6.45, 7) is 0.225. The minimum absolute atomic E-state index is 0.225. The Labute approximate surface area is 143 Å². The third-order valence-corrected chi connectivity index (χ3v) is 3.64. The Morgan fingerprint density at radius 2 is 1.96 bits per heavy atom. The molecule has 25 heavy (non-hydrogen) atoms. The molecule has 0 atom stereocenters. The summed E-state index contributed by atoms with van der Waals surface area (Å²) in [6.07, 6.45) is 6.54. The molecule has 2 N–H and O–H groups in total. The van der Waals surface area contributed by atoms with Gasteiger partial charge in [0.05, 0.1) is 5.69 Å². The van der Waals surface area contributed by atoms with Crippen LogP contribution in [0.3, 0.4) is 0 Å². The normalized spacial score (nSPS) is 12.5. The lowest BCUT2D eigenvalue weighted by molar-refractivity contribution is -0.111. The van der Waals surface area contributed by atoms with Crippen LogP contribution in [-0.2, 0) is 4.79 Å². The zero-order valence-electron chi connectivity index (χ0n) is 13.1. The molecule has 124 valence electrons. The highest BCUT2D eigenvalue weighted by Crippen LogP contribution is 2.32. The summed E-state index contributed by atoms with van der Waals surface area (Å²) < 4.78 is 10.6. The van der Waals surface area contributed by atoms with Crippen molar-refractivity contribution in [3.05, 3.63) is 60.4 Å². The first kappa shape index (κ1) is 14.9. The molecule has 0 aliphatic carbocycles. The van der Waals surface area contributed by atoms with Crippen LogP contribution >= 0.6 is 0 Å². The molecule has 0 unspecified atom stereocenters. The molecule has 2 aromatic heterocycles. The average Bonchev–Trinajstić information content (AvgIpc) is 3.29. The number of amides is 1. The maximum absolute atomic E-state index is 12.1. The Morgan fingerprint density at radius 3 is 2.84 bits per heavy atom. The van der Waals surface area contributed by atoms with E-state index in [1.54, 1.807) is 24.5 Å². The molecule has 4 rings (SSSR count). The van der Waals surface area contributed by atoms with Gasteiger partial charge in [0.15, 0.2) is 11.5 Å². The van der Waals surface area contributed by atoms with Gasteiger partial charge in [0.25, 0.3) is 0 Å². The lowest BCUT2D eigenvalue weighted by atomic mass is 10.2. The lowest BCUT2D eigenvalue weighted by Gasteiger charge is -1.99. The van der Waals surface area contributed by atoms with E-state index < -0.39 is 0 Å². The number of nitrogens with one attached hydrogen (secondary N) is 2. The minimum atomic E-state index is -0.261. The number of pyridine rings is 1. The maximum Gasteiger partial charge on any atom is 0.249 e. The molecule has 0 fully saturated rings. The fraction of sp³-hybridized carbons (Fsp3) is 0.0556. The van der Waals surface area contributed by atoms with Crippen molar-refractivity contribution >= 4 is 17.8 Å². The van der Waals surface area contributed by atoms with Gasteiger partial charge in [-0.3, -0.25) is 14.9 Å². The topological polar surface area (TPSA) is 89.1 Å². The second kappa shape index (κ2) is 6.48. The molecule has 1 aromatic carbocycles. The van der Waals surface area contributed by atoms with Crippen LogP contribution in [0.1, 0.15) is 5.56 Å². The van der Waals surface area contributed by atoms with Crippen LogP contribution < -0.4 is 14.8 Å². The fourth-order valence-electron chi connectivity index (χ4n) is 2.42. The van der Waals surface area contributed by atoms with Gasteiger partial charge in [0.1, 0.15) is 5.82 Å². The highest BCUT2D eigenvalue weighted by molar-refractivity contribution is 6.01. The number of benzene rings is 1. The Kier molecular flexibility index (Phi) is 3.88. The van der Waals surface area contributed by atoms with E-state index in [-0.39, 0.29) is 12.7 Å². The third-order valence-electron chi connectivity index (χ3n) is 3.64. The summed E-state index contributed by atoms with van der Waals surface area (Å²) in [4.78, 5) is 16.0. The third kappa shape index (κ3) is 3.35. The van der Waals surface area contributed by atoms with E-state index >= 15 is 0 Å². The van der Waals surface area contributed by atoms with Gasteiger partial charge in [-0.15, -0.1) is 0 Å². The van der Waals surface area contributed by atoms with Gasteiger partial charge < -0.3 is 14.8 Å². The van der Waals surface area contributed by atoms with E-state index in [0.29, 0.717) is 17.3 Å². The predicted octanol–water partition coefficient (Wildman–Crippen LogP) is 2.85. The Bertz CT molecular complexity index is 935. The second-order valence-electron chi connectivity index (χ2n) is 5.34. The Balaban J connectivity index is 1.41. The van der Waals surface area contributed by atoms with Crippen molar-refractivity contribution in [3.8, 4) is 22.8 Å². The molecule has 1 aliphatic rings. The van der Waals surface area contributed by atoms with Crippen molar-refractivity contribution in [1.29, 1.82) is 0 Å². The number of H-pyrrole nitrogens is 1. The molecule has 0 saturated heterocycles. The molecule has 7 heteroatoms. The second-order valence-corrected chi connectivity index (χ2v) is 5.34. The standard InChI is InChI=1S/C18H14N4O3/c23-18(4-2-12-1-3-15-16(9-12)25-11-24-15)20-17-10-14(21-22-17)13-5-7-19-8-6-13/h1-10H,11H2,(H2,20,21,22,23). The molecular weight excluding hydrogens is 320 g/mol. The highest BCUT2D eigenvalue weighted by atomic mass is 16.7. The van der Waals surface area contributed by atoms with Crippen molar-refractivity contribution in [2.45, 2.75) is 0 Å². The van der Waals surface area contributed by atoms with Crippen LogP contribution in [0.4, 0.5) is 5.82 Å². The number of fused-ring (bicyclic) bond motifs is 1. The summed E-state index contributed by atoms with van der Waals surface area (Å²) >= 11 is 0. The molecule has 3 heterocycles. The number of hydrogen-bond donors (Lipinski definition) is 2. The maximum atomic E-state index is 12.1. The summed E-state index contributed by atoms with van der Waals surface area (Å²) in [7, 11) is 0. The van der Waals surface area contributed by atoms with Crippen LogP contribution in [0.15, 0.2) is 54.9 Å². The first-order valence-corrected chi connectivity index (χ1v) is 7.62. The largest absolute Gasteiger partial charge is 0.454 e. The molecular formula is C18H14N4O3. The number of nitrogens with zero attached hydrogens (tertiary/aromatic N) is 2. The van der Waals surface area contributed by atoms with Crippen molar-refractivity contribution < 1.29 is 14.3 Å². The molecule has 7 nitrogen and oxygen atoms in total. The summed E-state index contributed by atoms with van der Waals surface area (Å²) in [6, 6.07) is 11.0. The van der Waals surface area contributed by atoms with Gasteiger partial charge in [-0.05, 0) is 35.9 Å². The van der Waals surface area contributed by atoms with Crippen LogP contribution in [0.5, 0.6) is 11.5 Å². The number of carbonyl (C=O) groups excluding carboxylic acids is 1. The van der Waals surface area contributed by atoms with Gasteiger partial charge in [0, 0.05) is 30.1 Å². The quantitative estimate of drug-likeness (QED) is 0.716. The number of rotatable bonds is 4. The molecule has 1 aliphatic heterocycles. The van der Waals surface area contributed by atoms with Gasteiger partial charge >= 0.3 is 0 Å². The fourth-order valence-corrected chi connectivity index (χ4v) is 2.42. The van der Waals surface area contributed by atoms with Crippen LogP contribution in [0, 0.1) is 0 Å². The van der Waals surface area contributed by atoms with Crippen LogP contribution in [-0.4, -0.2) is 27.9 Å². The van der Waals surface area contributed by atoms with Crippen molar-refractivity contribution in [2.24, 2.45) is 0 Å². The number of aromatic nitrogens is 3. The first-order valence-electron chi connectivity index (χ1n) is 7.62. The number of hydrogen-bond acceptors (Lipinski definition) is 5. The zero-order valence-corrected chi connectivity index (χ0v) is 13.1. The Morgan fingerprint density at radius 1 is 1.12 bits per heavy atom. The molecule has 1 amide bonds. The summed E-state index contributed by atoms with van der Waals surface area (Å²) in [5, 5.41) is 9.71. The molecule has 0 radical (unpaired) electrons. The lowest BCUT2D eigenvalue weighted by Crippen LogP contribution is -2.07. The van der Waals surface area contributed by atoms with Gasteiger partial charge in [-0.1, -0.05) is 6.07 Å². The smallest absolute Gasteiger partial charge is 0.249 e. The number of aromatic amines is 1.